The maximum Gasteiger partial charge on any atom is 0.138 e. The van der Waals surface area contributed by atoms with E-state index in [1.54, 1.807) is 0 Å². The number of nitrogens with one attached hydrogen (secondary N) is 1. The predicted molar refractivity (Wildman–Crippen MR) is 54.1 cm³/mol. The summed E-state index contributed by atoms with van der Waals surface area (Å²) in [5.74, 6) is 0. The highest BCUT2D eigenvalue weighted by molar-refractivity contribution is 8.21. The third kappa shape index (κ3) is 4.18. The second kappa shape index (κ2) is 6.09. The first kappa shape index (κ1) is 9.61. The van der Waals surface area contributed by atoms with E-state index >= 15 is 0 Å². The fourth-order valence-corrected chi connectivity index (χ4v) is 2.76. The van der Waals surface area contributed by atoms with Gasteiger partial charge in [0.15, 0.2) is 0 Å². The molecule has 0 unspecified atom stereocenters. The highest BCUT2D eigenvalue weighted by Crippen LogP contribution is 2.16. The van der Waals surface area contributed by atoms with E-state index in [-0.39, 0.29) is 0 Å². The Morgan fingerprint density at radius 2 is 2.09 bits per heavy atom. The van der Waals surface area contributed by atoms with Crippen LogP contribution >= 0.6 is 11.2 Å². The molecule has 1 saturated carbocycles. The van der Waals surface area contributed by atoms with Gasteiger partial charge in [0.05, 0.1) is 0 Å². The monoisotopic (exact) mass is 187 g/mol. The van der Waals surface area contributed by atoms with Crippen molar-refractivity contribution in [2.24, 2.45) is 0 Å². The van der Waals surface area contributed by atoms with Crippen LogP contribution in [0.1, 0.15) is 32.1 Å². The molecule has 2 radical (unpaired) electrons. The summed E-state index contributed by atoms with van der Waals surface area (Å²) in [4.78, 5) is 0. The van der Waals surface area contributed by atoms with E-state index in [4.69, 9.17) is 0 Å². The Balaban J connectivity index is 1.96. The lowest BCUT2D eigenvalue weighted by Crippen LogP contribution is -2.33. The molecule has 1 aliphatic carbocycles. The van der Waals surface area contributed by atoms with Crippen molar-refractivity contribution in [3.63, 3.8) is 0 Å². The summed E-state index contributed by atoms with van der Waals surface area (Å²) in [6, 6.07) is 0.850. The molecule has 11 heavy (non-hydrogen) atoms. The van der Waals surface area contributed by atoms with E-state index in [9.17, 15) is 0 Å². The summed E-state index contributed by atoms with van der Waals surface area (Å²) < 4.78 is 0. The first-order valence-corrected chi connectivity index (χ1v) is 7.58. The van der Waals surface area contributed by atoms with E-state index in [0.29, 0.717) is 0 Å². The van der Waals surface area contributed by atoms with Gasteiger partial charge in [0.1, 0.15) is 8.67 Å². The van der Waals surface area contributed by atoms with Crippen LogP contribution in [0.4, 0.5) is 0 Å². The summed E-state index contributed by atoms with van der Waals surface area (Å²) in [6.45, 7) is 0. The van der Waals surface area contributed by atoms with Gasteiger partial charge in [-0.25, -0.2) is 0 Å². The minimum atomic E-state index is 0.850. The molecule has 0 bridgehead atoms. The maximum atomic E-state index is 3.61. The summed E-state index contributed by atoms with van der Waals surface area (Å²) >= 11 is 1.96. The molecule has 64 valence electrons. The Kier molecular flexibility index (Phi) is 5.32. The Labute approximate surface area is 76.2 Å². The Bertz CT molecular complexity index is 94.1. The minimum absolute atomic E-state index is 0.850. The third-order valence-electron chi connectivity index (χ3n) is 2.21. The number of hydrogen-bond acceptors (Lipinski definition) is 2. The largest absolute Gasteiger partial charge is 0.316 e. The summed E-state index contributed by atoms with van der Waals surface area (Å²) in [6.07, 6.45) is 10.6. The van der Waals surface area contributed by atoms with Gasteiger partial charge in [0.25, 0.3) is 0 Å². The van der Waals surface area contributed by atoms with Crippen molar-refractivity contribution in [2.75, 3.05) is 12.4 Å². The Morgan fingerprint density at radius 1 is 1.36 bits per heavy atom. The van der Waals surface area contributed by atoms with Crippen molar-refractivity contribution >= 4 is 19.9 Å². The lowest BCUT2D eigenvalue weighted by atomic mass is 9.96. The molecule has 0 spiro atoms. The van der Waals surface area contributed by atoms with Gasteiger partial charge in [0, 0.05) is 6.04 Å². The highest BCUT2D eigenvalue weighted by Gasteiger charge is 2.11. The van der Waals surface area contributed by atoms with Crippen LogP contribution in [0.3, 0.4) is 0 Å². The smallest absolute Gasteiger partial charge is 0.138 e. The molecule has 0 aromatic heterocycles. The Hall–Kier alpha value is 0.527. The highest BCUT2D eigenvalue weighted by atomic mass is 32.4. The fourth-order valence-electron chi connectivity index (χ4n) is 1.56. The zero-order valence-electron chi connectivity index (χ0n) is 7.23. The van der Waals surface area contributed by atoms with Crippen LogP contribution in [0.2, 0.25) is 0 Å². The van der Waals surface area contributed by atoms with Gasteiger partial charge in [-0.05, 0) is 25.3 Å². The first-order valence-electron chi connectivity index (χ1n) is 4.42. The van der Waals surface area contributed by atoms with E-state index in [1.807, 2.05) is 11.2 Å². The molecule has 0 aliphatic heterocycles. The van der Waals surface area contributed by atoms with Crippen molar-refractivity contribution in [3.8, 4) is 0 Å². The molecule has 1 rings (SSSR count). The Morgan fingerprint density at radius 3 is 2.73 bits per heavy atom. The molecule has 0 saturated heterocycles. The van der Waals surface area contributed by atoms with E-state index < -0.39 is 0 Å². The molecule has 1 fully saturated rings. The van der Waals surface area contributed by atoms with Crippen LogP contribution in [-0.4, -0.2) is 27.1 Å². The molecule has 0 atom stereocenters. The molecule has 1 nitrogen and oxygen atoms in total. The van der Waals surface area contributed by atoms with Gasteiger partial charge in [-0.3, -0.25) is 0 Å². The second-order valence-electron chi connectivity index (χ2n) is 3.06. The van der Waals surface area contributed by atoms with Gasteiger partial charge < -0.3 is 5.32 Å². The standard InChI is InChI=1S/C8H17NSSi/c1-10-11-7-9-8-5-3-2-4-6-8/h8-9H,2-7H2,1H3. The van der Waals surface area contributed by atoms with Crippen LogP contribution in [0.25, 0.3) is 0 Å². The third-order valence-corrected chi connectivity index (χ3v) is 4.15. The van der Waals surface area contributed by atoms with Crippen LogP contribution < -0.4 is 5.32 Å². The quantitative estimate of drug-likeness (QED) is 0.532. The zero-order chi connectivity index (χ0) is 7.94. The average Bonchev–Trinajstić information content (AvgIpc) is 2.07. The number of hydrogen-bond donors (Lipinski definition) is 1. The lowest BCUT2D eigenvalue weighted by Gasteiger charge is -2.22. The van der Waals surface area contributed by atoms with Gasteiger partial charge in [-0.15, -0.1) is 0 Å². The van der Waals surface area contributed by atoms with Gasteiger partial charge >= 0.3 is 0 Å². The predicted octanol–water partition coefficient (Wildman–Crippen LogP) is 1.85. The van der Waals surface area contributed by atoms with Crippen molar-refractivity contribution in [1.29, 1.82) is 0 Å². The molecular weight excluding hydrogens is 170 g/mol. The molecule has 0 amide bonds. The summed E-state index contributed by atoms with van der Waals surface area (Å²) in [5, 5.41) is 3.61. The zero-order valence-corrected chi connectivity index (χ0v) is 9.04. The molecule has 3 heteroatoms. The van der Waals surface area contributed by atoms with Crippen LogP contribution in [0.5, 0.6) is 0 Å². The first-order chi connectivity index (χ1) is 5.43. The average molecular weight is 187 g/mol. The molecule has 0 aromatic rings. The van der Waals surface area contributed by atoms with Crippen molar-refractivity contribution < 1.29 is 0 Å². The molecule has 0 heterocycles. The van der Waals surface area contributed by atoms with Gasteiger partial charge in [-0.2, -0.15) is 11.2 Å². The number of rotatable bonds is 4. The van der Waals surface area contributed by atoms with Crippen molar-refractivity contribution in [3.05, 3.63) is 0 Å². The van der Waals surface area contributed by atoms with E-state index in [2.05, 4.69) is 11.6 Å². The normalized spacial score (nSPS) is 20.5. The minimum Gasteiger partial charge on any atom is -0.316 e. The second-order valence-corrected chi connectivity index (χ2v) is 6.21. The van der Waals surface area contributed by atoms with Crippen molar-refractivity contribution in [1.82, 2.24) is 5.32 Å². The molecular formula is C8H17NSSi. The van der Waals surface area contributed by atoms with Gasteiger partial charge in [-0.1, -0.05) is 19.3 Å². The van der Waals surface area contributed by atoms with Crippen molar-refractivity contribution in [2.45, 2.75) is 38.1 Å². The summed E-state index contributed by atoms with van der Waals surface area (Å²) in [7, 11) is 1.04. The molecule has 1 N–H and O–H groups in total. The van der Waals surface area contributed by atoms with Crippen LogP contribution in [0.15, 0.2) is 0 Å². The van der Waals surface area contributed by atoms with Gasteiger partial charge in [0.2, 0.25) is 0 Å². The lowest BCUT2D eigenvalue weighted by molar-refractivity contribution is 0.389. The summed E-state index contributed by atoms with van der Waals surface area (Å²) in [5.41, 5.74) is 0. The van der Waals surface area contributed by atoms with Crippen LogP contribution in [-0.2, 0) is 0 Å². The maximum absolute atomic E-state index is 3.61. The van der Waals surface area contributed by atoms with Crippen LogP contribution in [0, 0.1) is 0 Å². The SMILES string of the molecule is CS[Si]CNC1CCCCC1. The fraction of sp³-hybridized carbons (Fsp3) is 1.00. The van der Waals surface area contributed by atoms with E-state index in [0.717, 1.165) is 14.7 Å². The molecule has 0 aromatic carbocycles. The molecule has 1 aliphatic rings. The van der Waals surface area contributed by atoms with E-state index in [1.165, 1.54) is 38.3 Å². The topological polar surface area (TPSA) is 12.0 Å².